The first-order valence-electron chi connectivity index (χ1n) is 10.4. The van der Waals surface area contributed by atoms with Gasteiger partial charge in [-0.05, 0) is 60.9 Å². The lowest BCUT2D eigenvalue weighted by atomic mass is 9.94. The number of amides is 1. The lowest BCUT2D eigenvalue weighted by Gasteiger charge is -2.27. The van der Waals surface area contributed by atoms with Crippen LogP contribution >= 0.6 is 0 Å². The number of nitrogens with zero attached hydrogens (tertiary/aromatic N) is 2. The number of aromatic nitrogens is 1. The van der Waals surface area contributed by atoms with Crippen molar-refractivity contribution in [3.63, 3.8) is 0 Å². The average molecular weight is 436 g/mol. The van der Waals surface area contributed by atoms with E-state index in [0.29, 0.717) is 52.6 Å². The Hall–Kier alpha value is -3.45. The van der Waals surface area contributed by atoms with Gasteiger partial charge in [-0.15, -0.1) is 0 Å². The first kappa shape index (κ1) is 21.8. The SMILES string of the molecule is COc1ccnc([C@H](C)N2CCOc3c(cc(CO)cc3-c3ccc(F)cc3C)C2=O)c1. The molecule has 0 radical (unpaired) electrons. The van der Waals surface area contributed by atoms with Crippen LogP contribution in [-0.2, 0) is 6.61 Å². The van der Waals surface area contributed by atoms with Crippen LogP contribution in [0.5, 0.6) is 11.5 Å². The smallest absolute Gasteiger partial charge is 0.258 e. The molecule has 0 bridgehead atoms. The number of carbonyl (C=O) groups excluding carboxylic acids is 1. The maximum atomic E-state index is 13.7. The van der Waals surface area contributed by atoms with Crippen molar-refractivity contribution in [2.75, 3.05) is 20.3 Å². The Bertz CT molecular complexity index is 1160. The Kier molecular flexibility index (Phi) is 6.10. The number of hydrogen-bond donors (Lipinski definition) is 1. The number of methoxy groups -OCH3 is 1. The number of pyridine rings is 1. The average Bonchev–Trinajstić information content (AvgIpc) is 2.97. The molecule has 4 rings (SSSR count). The number of fused-ring (bicyclic) bond motifs is 1. The van der Waals surface area contributed by atoms with E-state index in [4.69, 9.17) is 9.47 Å². The highest BCUT2D eigenvalue weighted by molar-refractivity contribution is 6.00. The monoisotopic (exact) mass is 436 g/mol. The van der Waals surface area contributed by atoms with E-state index in [-0.39, 0.29) is 24.4 Å². The van der Waals surface area contributed by atoms with Crippen LogP contribution in [0.3, 0.4) is 0 Å². The second-order valence-electron chi connectivity index (χ2n) is 7.78. The Morgan fingerprint density at radius 2 is 1.97 bits per heavy atom. The fraction of sp³-hybridized carbons (Fsp3) is 0.280. The zero-order valence-corrected chi connectivity index (χ0v) is 18.3. The highest BCUT2D eigenvalue weighted by atomic mass is 19.1. The van der Waals surface area contributed by atoms with Crippen LogP contribution in [0.2, 0.25) is 0 Å². The Balaban J connectivity index is 1.80. The number of aliphatic hydroxyl groups is 1. The largest absolute Gasteiger partial charge is 0.497 e. The van der Waals surface area contributed by atoms with E-state index in [2.05, 4.69) is 4.98 Å². The molecule has 0 fully saturated rings. The molecule has 0 unspecified atom stereocenters. The number of hydrogen-bond acceptors (Lipinski definition) is 5. The van der Waals surface area contributed by atoms with Gasteiger partial charge in [-0.3, -0.25) is 9.78 Å². The van der Waals surface area contributed by atoms with Crippen molar-refractivity contribution in [2.45, 2.75) is 26.5 Å². The topological polar surface area (TPSA) is 71.9 Å². The van der Waals surface area contributed by atoms with Crippen molar-refractivity contribution in [1.29, 1.82) is 0 Å². The van der Waals surface area contributed by atoms with E-state index in [1.165, 1.54) is 12.1 Å². The Morgan fingerprint density at radius 3 is 2.69 bits per heavy atom. The first-order chi connectivity index (χ1) is 15.4. The molecule has 2 heterocycles. The summed E-state index contributed by atoms with van der Waals surface area (Å²) >= 11 is 0. The quantitative estimate of drug-likeness (QED) is 0.646. The minimum absolute atomic E-state index is 0.217. The highest BCUT2D eigenvalue weighted by Gasteiger charge is 2.31. The molecule has 1 N–H and O–H groups in total. The van der Waals surface area contributed by atoms with Crippen molar-refractivity contribution in [3.05, 3.63) is 76.9 Å². The molecule has 2 aromatic carbocycles. The molecule has 1 amide bonds. The standard InChI is InChI=1S/C25H25FN2O4/c1-15-10-18(26)4-5-20(15)21-11-17(14-29)12-22-24(21)32-9-8-28(25(22)30)16(2)23-13-19(31-3)6-7-27-23/h4-7,10-13,16,29H,8-9,14H2,1-3H3/t16-/m0/s1. The van der Waals surface area contributed by atoms with Crippen LogP contribution in [0.15, 0.2) is 48.7 Å². The number of aliphatic hydroxyl groups excluding tert-OH is 1. The van der Waals surface area contributed by atoms with Crippen LogP contribution < -0.4 is 9.47 Å². The van der Waals surface area contributed by atoms with Gasteiger partial charge in [-0.2, -0.15) is 0 Å². The second-order valence-corrected chi connectivity index (χ2v) is 7.78. The van der Waals surface area contributed by atoms with Crippen molar-refractivity contribution in [3.8, 4) is 22.6 Å². The van der Waals surface area contributed by atoms with Gasteiger partial charge in [-0.1, -0.05) is 6.07 Å². The van der Waals surface area contributed by atoms with E-state index >= 15 is 0 Å². The van der Waals surface area contributed by atoms with Gasteiger partial charge in [0.25, 0.3) is 5.91 Å². The Labute approximate surface area is 186 Å². The molecule has 0 aliphatic carbocycles. The van der Waals surface area contributed by atoms with Crippen molar-refractivity contribution in [1.82, 2.24) is 9.88 Å². The zero-order valence-electron chi connectivity index (χ0n) is 18.3. The summed E-state index contributed by atoms with van der Waals surface area (Å²) in [5, 5.41) is 9.84. The van der Waals surface area contributed by atoms with E-state index < -0.39 is 0 Å². The molecule has 7 heteroatoms. The van der Waals surface area contributed by atoms with Crippen LogP contribution in [-0.4, -0.2) is 41.2 Å². The fourth-order valence-corrected chi connectivity index (χ4v) is 4.04. The molecule has 6 nitrogen and oxygen atoms in total. The predicted octanol–water partition coefficient (Wildman–Crippen LogP) is 4.29. The van der Waals surface area contributed by atoms with Gasteiger partial charge in [0.2, 0.25) is 0 Å². The first-order valence-corrected chi connectivity index (χ1v) is 10.4. The lowest BCUT2D eigenvalue weighted by molar-refractivity contribution is 0.0684. The van der Waals surface area contributed by atoms with E-state index in [1.807, 2.05) is 13.0 Å². The third kappa shape index (κ3) is 4.03. The summed E-state index contributed by atoms with van der Waals surface area (Å²) in [5.41, 5.74) is 3.77. The van der Waals surface area contributed by atoms with Crippen LogP contribution in [0.25, 0.3) is 11.1 Å². The van der Waals surface area contributed by atoms with Gasteiger partial charge in [0.15, 0.2) is 0 Å². The molecule has 32 heavy (non-hydrogen) atoms. The molecular formula is C25H25FN2O4. The molecule has 1 aliphatic heterocycles. The maximum Gasteiger partial charge on any atom is 0.258 e. The third-order valence-corrected chi connectivity index (χ3v) is 5.76. The molecule has 0 spiro atoms. The molecule has 1 aromatic heterocycles. The van der Waals surface area contributed by atoms with Gasteiger partial charge in [0.1, 0.15) is 23.9 Å². The number of rotatable bonds is 5. The molecular weight excluding hydrogens is 411 g/mol. The molecule has 3 aromatic rings. The maximum absolute atomic E-state index is 13.7. The van der Waals surface area contributed by atoms with E-state index in [0.717, 1.165) is 5.56 Å². The normalized spacial score (nSPS) is 14.4. The fourth-order valence-electron chi connectivity index (χ4n) is 4.04. The molecule has 0 saturated heterocycles. The van der Waals surface area contributed by atoms with Gasteiger partial charge >= 0.3 is 0 Å². The summed E-state index contributed by atoms with van der Waals surface area (Å²) in [6.07, 6.45) is 1.65. The summed E-state index contributed by atoms with van der Waals surface area (Å²) in [5.74, 6) is 0.553. The number of benzene rings is 2. The van der Waals surface area contributed by atoms with Gasteiger partial charge < -0.3 is 19.5 Å². The number of carbonyl (C=O) groups is 1. The van der Waals surface area contributed by atoms with Crippen LogP contribution in [0.1, 0.15) is 40.1 Å². The minimum Gasteiger partial charge on any atom is -0.497 e. The summed E-state index contributed by atoms with van der Waals surface area (Å²) in [7, 11) is 1.58. The molecule has 1 atom stereocenters. The van der Waals surface area contributed by atoms with E-state index in [9.17, 15) is 14.3 Å². The molecule has 1 aliphatic rings. The highest BCUT2D eigenvalue weighted by Crippen LogP contribution is 2.39. The number of halogens is 1. The minimum atomic E-state index is -0.335. The van der Waals surface area contributed by atoms with Crippen molar-refractivity contribution in [2.24, 2.45) is 0 Å². The summed E-state index contributed by atoms with van der Waals surface area (Å²) < 4.78 is 25.0. The van der Waals surface area contributed by atoms with Gasteiger partial charge in [0, 0.05) is 17.8 Å². The van der Waals surface area contributed by atoms with Gasteiger partial charge in [0.05, 0.1) is 37.6 Å². The number of ether oxygens (including phenoxy) is 2. The zero-order chi connectivity index (χ0) is 22.8. The molecule has 166 valence electrons. The predicted molar refractivity (Wildman–Crippen MR) is 118 cm³/mol. The number of aryl methyl sites for hydroxylation is 1. The van der Waals surface area contributed by atoms with Gasteiger partial charge in [-0.25, -0.2) is 4.39 Å². The lowest BCUT2D eigenvalue weighted by Crippen LogP contribution is -2.35. The Morgan fingerprint density at radius 1 is 1.19 bits per heavy atom. The van der Waals surface area contributed by atoms with Crippen molar-refractivity contribution < 1.29 is 23.8 Å². The summed E-state index contributed by atoms with van der Waals surface area (Å²) in [6.45, 7) is 4.13. The third-order valence-electron chi connectivity index (χ3n) is 5.76. The summed E-state index contributed by atoms with van der Waals surface area (Å²) in [6, 6.07) is 11.2. The van der Waals surface area contributed by atoms with Crippen LogP contribution in [0.4, 0.5) is 4.39 Å². The van der Waals surface area contributed by atoms with Crippen LogP contribution in [0, 0.1) is 12.7 Å². The second kappa shape index (κ2) is 8.96. The van der Waals surface area contributed by atoms with E-state index in [1.54, 1.807) is 49.4 Å². The molecule has 0 saturated carbocycles. The van der Waals surface area contributed by atoms with Crippen molar-refractivity contribution >= 4 is 5.91 Å². The summed E-state index contributed by atoms with van der Waals surface area (Å²) in [4.78, 5) is 19.8.